The Morgan fingerprint density at radius 2 is 0.548 bits per heavy atom. The van der Waals surface area contributed by atoms with E-state index >= 15 is 0 Å². The van der Waals surface area contributed by atoms with Crippen molar-refractivity contribution in [2.24, 2.45) is 0 Å². The summed E-state index contributed by atoms with van der Waals surface area (Å²) in [5.41, 5.74) is 0. The molecule has 31 heavy (non-hydrogen) atoms. The van der Waals surface area contributed by atoms with E-state index in [4.69, 9.17) is 0 Å². The van der Waals surface area contributed by atoms with Gasteiger partial charge in [-0.05, 0) is 36.4 Å². The first-order valence-electron chi connectivity index (χ1n) is 7.84. The van der Waals surface area contributed by atoms with Gasteiger partial charge >= 0.3 is 19.5 Å². The predicted molar refractivity (Wildman–Crippen MR) is 103 cm³/mol. The fraction of sp³-hybridized carbons (Fsp3) is 0. The molecule has 0 amide bonds. The van der Waals surface area contributed by atoms with E-state index in [1.54, 1.807) is 18.2 Å². The van der Waals surface area contributed by atoms with Crippen LogP contribution in [-0.2, 0) is 49.8 Å². The van der Waals surface area contributed by atoms with E-state index in [1.807, 2.05) is 0 Å². The van der Waals surface area contributed by atoms with Crippen molar-refractivity contribution in [2.75, 3.05) is 0 Å². The Labute approximate surface area is 193 Å². The van der Waals surface area contributed by atoms with Crippen LogP contribution in [0.3, 0.4) is 0 Å². The summed E-state index contributed by atoms with van der Waals surface area (Å²) in [5, 5.41) is 0. The minimum absolute atomic E-state index is 0. The van der Waals surface area contributed by atoms with E-state index in [2.05, 4.69) is 0 Å². The van der Waals surface area contributed by atoms with Crippen molar-refractivity contribution in [3.63, 3.8) is 0 Å². The molecule has 0 heterocycles. The SMILES string of the molecule is O=S(=O)([O-])c1ccccc1.O=S(=O)([O-])c1ccccc1.O=S(=O)([O-])c1ccccc1.[Ru+3]. The molecule has 3 aromatic rings. The summed E-state index contributed by atoms with van der Waals surface area (Å²) in [5.74, 6) is 0. The maximum absolute atomic E-state index is 10.3. The van der Waals surface area contributed by atoms with Gasteiger partial charge < -0.3 is 13.7 Å². The van der Waals surface area contributed by atoms with E-state index in [9.17, 15) is 38.9 Å². The quantitative estimate of drug-likeness (QED) is 0.335. The molecule has 0 bridgehead atoms. The van der Waals surface area contributed by atoms with Gasteiger partial charge in [0.15, 0.2) is 0 Å². The molecule has 0 unspecified atom stereocenters. The van der Waals surface area contributed by atoms with E-state index in [-0.39, 0.29) is 34.2 Å². The van der Waals surface area contributed by atoms with Gasteiger partial charge in [0.1, 0.15) is 30.4 Å². The minimum Gasteiger partial charge on any atom is -0.744 e. The standard InChI is InChI=1S/3C6H6O3S.Ru/c3*7-10(8,9)6-4-2-1-3-5-6;/h3*1-5H,(H,7,8,9);/q;;;+3/p-3. The maximum Gasteiger partial charge on any atom is 3.00 e. The summed E-state index contributed by atoms with van der Waals surface area (Å²) in [6.45, 7) is 0. The molecule has 0 aliphatic carbocycles. The van der Waals surface area contributed by atoms with Crippen LogP contribution in [-0.4, -0.2) is 38.9 Å². The third-order valence-electron chi connectivity index (χ3n) is 3.10. The van der Waals surface area contributed by atoms with Crippen LogP contribution in [0.15, 0.2) is 106 Å². The molecule has 9 nitrogen and oxygen atoms in total. The molecule has 0 aliphatic rings. The zero-order valence-electron chi connectivity index (χ0n) is 15.4. The molecule has 3 aromatic carbocycles. The van der Waals surface area contributed by atoms with Crippen LogP contribution in [0.2, 0.25) is 0 Å². The van der Waals surface area contributed by atoms with E-state index < -0.39 is 30.4 Å². The van der Waals surface area contributed by atoms with Crippen LogP contribution in [0.5, 0.6) is 0 Å². The molecule has 13 heteroatoms. The van der Waals surface area contributed by atoms with Crippen molar-refractivity contribution >= 4 is 30.4 Å². The molecular formula is C18H15O9RuS3. The molecule has 0 aliphatic heterocycles. The van der Waals surface area contributed by atoms with Gasteiger partial charge in [-0.3, -0.25) is 0 Å². The molecule has 0 aromatic heterocycles. The molecule has 167 valence electrons. The number of rotatable bonds is 3. The van der Waals surface area contributed by atoms with Crippen molar-refractivity contribution < 1.29 is 58.4 Å². The monoisotopic (exact) mass is 573 g/mol. The molecule has 3 rings (SSSR count). The van der Waals surface area contributed by atoms with Crippen LogP contribution in [0.4, 0.5) is 0 Å². The first-order valence-corrected chi connectivity index (χ1v) is 12.1. The first kappa shape index (κ1) is 29.0. The second kappa shape index (κ2) is 12.8. The number of benzene rings is 3. The molecule has 0 saturated heterocycles. The van der Waals surface area contributed by atoms with Crippen LogP contribution in [0.1, 0.15) is 0 Å². The fourth-order valence-electron chi connectivity index (χ4n) is 1.76. The van der Waals surface area contributed by atoms with Gasteiger partial charge in [-0.1, -0.05) is 54.6 Å². The summed E-state index contributed by atoms with van der Waals surface area (Å²) in [4.78, 5) is -0.556. The fourth-order valence-corrected chi connectivity index (χ4v) is 3.23. The van der Waals surface area contributed by atoms with Gasteiger partial charge in [0.25, 0.3) is 0 Å². The second-order valence-electron chi connectivity index (χ2n) is 5.30. The molecule has 0 fully saturated rings. The first-order chi connectivity index (χ1) is 13.8. The van der Waals surface area contributed by atoms with Gasteiger partial charge in [0.2, 0.25) is 0 Å². The zero-order valence-corrected chi connectivity index (χ0v) is 19.6. The average molecular weight is 573 g/mol. The minimum atomic E-state index is -4.25. The van der Waals surface area contributed by atoms with Gasteiger partial charge in [-0.25, -0.2) is 25.3 Å². The Hall–Kier alpha value is -1.99. The van der Waals surface area contributed by atoms with Crippen LogP contribution < -0.4 is 0 Å². The summed E-state index contributed by atoms with van der Waals surface area (Å²) < 4.78 is 92.5. The summed E-state index contributed by atoms with van der Waals surface area (Å²) >= 11 is 0. The second-order valence-corrected chi connectivity index (χ2v) is 9.44. The summed E-state index contributed by atoms with van der Waals surface area (Å²) in [6, 6.07) is 21.6. The van der Waals surface area contributed by atoms with Crippen molar-refractivity contribution in [1.29, 1.82) is 0 Å². The van der Waals surface area contributed by atoms with Crippen molar-refractivity contribution in [1.82, 2.24) is 0 Å². The zero-order chi connectivity index (χ0) is 22.8. The van der Waals surface area contributed by atoms with Gasteiger partial charge in [0.05, 0.1) is 14.7 Å². The van der Waals surface area contributed by atoms with Crippen molar-refractivity contribution in [3.05, 3.63) is 91.0 Å². The normalized spacial score (nSPS) is 10.9. The Bertz CT molecular complexity index is 1070. The van der Waals surface area contributed by atoms with Crippen LogP contribution in [0, 0.1) is 0 Å². The Balaban J connectivity index is 0.000000429. The average Bonchev–Trinajstić information content (AvgIpc) is 2.69. The van der Waals surface area contributed by atoms with E-state index in [0.29, 0.717) is 0 Å². The Morgan fingerprint density at radius 1 is 0.387 bits per heavy atom. The van der Waals surface area contributed by atoms with Crippen LogP contribution in [0.25, 0.3) is 0 Å². The van der Waals surface area contributed by atoms with Gasteiger partial charge in [-0.15, -0.1) is 0 Å². The Kier molecular flexibility index (Phi) is 11.9. The molecule has 0 atom stereocenters. The van der Waals surface area contributed by atoms with Gasteiger partial charge in [0, 0.05) is 0 Å². The molecule has 1 radical (unpaired) electrons. The Morgan fingerprint density at radius 3 is 0.645 bits per heavy atom. The smallest absolute Gasteiger partial charge is 0.744 e. The number of hydrogen-bond acceptors (Lipinski definition) is 9. The van der Waals surface area contributed by atoms with Crippen molar-refractivity contribution in [2.45, 2.75) is 14.7 Å². The van der Waals surface area contributed by atoms with Gasteiger partial charge in [-0.2, -0.15) is 0 Å². The van der Waals surface area contributed by atoms with Crippen LogP contribution >= 0.6 is 0 Å². The largest absolute Gasteiger partial charge is 3.00 e. The molecule has 0 saturated carbocycles. The molecule has 0 spiro atoms. The predicted octanol–water partition coefficient (Wildman–Crippen LogP) is 1.77. The molecule has 0 N–H and O–H groups in total. The van der Waals surface area contributed by atoms with E-state index in [1.165, 1.54) is 72.8 Å². The third-order valence-corrected chi connectivity index (χ3v) is 5.64. The summed E-state index contributed by atoms with van der Waals surface area (Å²) in [6.07, 6.45) is 0. The van der Waals surface area contributed by atoms with E-state index in [0.717, 1.165) is 0 Å². The topological polar surface area (TPSA) is 172 Å². The summed E-state index contributed by atoms with van der Waals surface area (Å²) in [7, 11) is -12.8. The van der Waals surface area contributed by atoms with Crippen molar-refractivity contribution in [3.8, 4) is 0 Å². The number of hydrogen-bond donors (Lipinski definition) is 0. The third kappa shape index (κ3) is 11.8. The molecular weight excluding hydrogens is 557 g/mol. The maximum atomic E-state index is 10.3.